The summed E-state index contributed by atoms with van der Waals surface area (Å²) in [5, 5.41) is 6.74. The molecule has 188 valence electrons. The smallest absolute Gasteiger partial charge is 0.237 e. The van der Waals surface area contributed by atoms with Gasteiger partial charge in [0, 0.05) is 12.6 Å². The third kappa shape index (κ3) is 9.83. The quantitative estimate of drug-likeness (QED) is 0.324. The third-order valence-corrected chi connectivity index (χ3v) is 6.71. The van der Waals surface area contributed by atoms with Crippen molar-refractivity contribution in [1.82, 2.24) is 10.6 Å². The number of aryl methyl sites for hydroxylation is 1. The number of amides is 1. The van der Waals surface area contributed by atoms with Gasteiger partial charge in [0.2, 0.25) is 5.91 Å². The molecule has 0 spiro atoms. The summed E-state index contributed by atoms with van der Waals surface area (Å²) in [7, 11) is 0. The summed E-state index contributed by atoms with van der Waals surface area (Å²) in [6.07, 6.45) is 13.5. The lowest BCUT2D eigenvalue weighted by atomic mass is 9.98. The largest absolute Gasteiger partial charge is 0.372 e. The van der Waals surface area contributed by atoms with Gasteiger partial charge in [-0.25, -0.2) is 0 Å². The zero-order valence-corrected chi connectivity index (χ0v) is 21.4. The molecule has 0 radical (unpaired) electrons. The summed E-state index contributed by atoms with van der Waals surface area (Å²) < 4.78 is 6.06. The Labute approximate surface area is 211 Å². The van der Waals surface area contributed by atoms with Crippen LogP contribution in [0.1, 0.15) is 63.5 Å². The number of hydrogen-bond donors (Lipinski definition) is 2. The molecule has 2 aromatic carbocycles. The second kappa shape index (κ2) is 15.3. The Kier molecular flexibility index (Phi) is 11.8. The van der Waals surface area contributed by atoms with Gasteiger partial charge in [-0.05, 0) is 69.9 Å². The van der Waals surface area contributed by atoms with Crippen molar-refractivity contribution in [2.24, 2.45) is 0 Å². The maximum atomic E-state index is 13.1. The van der Waals surface area contributed by atoms with Gasteiger partial charge in [-0.15, -0.1) is 0 Å². The first-order valence-electron chi connectivity index (χ1n) is 13.2. The average molecular weight is 475 g/mol. The fourth-order valence-electron chi connectivity index (χ4n) is 4.70. The molecule has 35 heavy (non-hydrogen) atoms. The minimum Gasteiger partial charge on any atom is -0.372 e. The van der Waals surface area contributed by atoms with Gasteiger partial charge in [0.05, 0.1) is 18.8 Å². The van der Waals surface area contributed by atoms with E-state index in [0.717, 1.165) is 57.1 Å². The van der Waals surface area contributed by atoms with Crippen LogP contribution < -0.4 is 10.6 Å². The maximum Gasteiger partial charge on any atom is 0.237 e. The first-order chi connectivity index (χ1) is 17.2. The number of carbonyl (C=O) groups excluding carboxylic acids is 1. The first kappa shape index (κ1) is 26.9. The predicted octanol–water partition coefficient (Wildman–Crippen LogP) is 6.13. The number of benzene rings is 2. The van der Waals surface area contributed by atoms with Crippen LogP contribution in [0.2, 0.25) is 0 Å². The number of allylic oxidation sites excluding steroid dienone is 4. The molecule has 3 rings (SSSR count). The molecule has 2 N–H and O–H groups in total. The van der Waals surface area contributed by atoms with E-state index >= 15 is 0 Å². The highest BCUT2D eigenvalue weighted by Crippen LogP contribution is 2.17. The Bertz CT molecular complexity index is 924. The van der Waals surface area contributed by atoms with Crippen molar-refractivity contribution in [1.29, 1.82) is 0 Å². The third-order valence-electron chi connectivity index (χ3n) is 6.71. The Morgan fingerprint density at radius 3 is 2.40 bits per heavy atom. The molecule has 1 aliphatic rings. The lowest BCUT2D eigenvalue weighted by Crippen LogP contribution is -2.45. The molecule has 4 heteroatoms. The van der Waals surface area contributed by atoms with Crippen LogP contribution in [0.4, 0.5) is 0 Å². The van der Waals surface area contributed by atoms with Gasteiger partial charge < -0.3 is 15.4 Å². The van der Waals surface area contributed by atoms with E-state index in [1.807, 2.05) is 18.2 Å². The van der Waals surface area contributed by atoms with E-state index in [0.29, 0.717) is 6.61 Å². The molecule has 1 heterocycles. The van der Waals surface area contributed by atoms with Crippen molar-refractivity contribution in [3.05, 3.63) is 95.6 Å². The highest BCUT2D eigenvalue weighted by Gasteiger charge is 2.30. The van der Waals surface area contributed by atoms with Gasteiger partial charge in [-0.2, -0.15) is 0 Å². The highest BCUT2D eigenvalue weighted by atomic mass is 16.5. The van der Waals surface area contributed by atoms with Gasteiger partial charge in [-0.1, -0.05) is 84.5 Å². The van der Waals surface area contributed by atoms with E-state index in [2.05, 4.69) is 85.2 Å². The van der Waals surface area contributed by atoms with Crippen molar-refractivity contribution in [2.75, 3.05) is 6.54 Å². The van der Waals surface area contributed by atoms with Crippen LogP contribution in [0.25, 0.3) is 0 Å². The van der Waals surface area contributed by atoms with Gasteiger partial charge in [0.15, 0.2) is 0 Å². The highest BCUT2D eigenvalue weighted by molar-refractivity contribution is 5.82. The lowest BCUT2D eigenvalue weighted by molar-refractivity contribution is -0.123. The molecule has 3 atom stereocenters. The summed E-state index contributed by atoms with van der Waals surface area (Å²) >= 11 is 0. The minimum absolute atomic E-state index is 0.0700. The number of nitrogens with one attached hydrogen (secondary N) is 2. The molecule has 1 aliphatic heterocycles. The molecule has 1 saturated heterocycles. The molecule has 0 aromatic heterocycles. The summed E-state index contributed by atoms with van der Waals surface area (Å²) in [6.45, 7) is 5.46. The Balaban J connectivity index is 1.48. The van der Waals surface area contributed by atoms with Crippen LogP contribution in [0, 0.1) is 0 Å². The van der Waals surface area contributed by atoms with Gasteiger partial charge in [0.1, 0.15) is 0 Å². The molecular formula is C31H42N2O2. The zero-order chi connectivity index (χ0) is 24.7. The average Bonchev–Trinajstić information content (AvgIpc) is 3.37. The van der Waals surface area contributed by atoms with Crippen molar-refractivity contribution < 1.29 is 9.53 Å². The SMILES string of the molecule is C/C=C\C(=C/C)CCCC(CCCc1ccccc1)NC(=O)C1C[C@@H](OCc2ccccc2)CN1. The molecular weight excluding hydrogens is 432 g/mol. The Morgan fingerprint density at radius 2 is 1.71 bits per heavy atom. The lowest BCUT2D eigenvalue weighted by Gasteiger charge is -2.21. The monoisotopic (exact) mass is 474 g/mol. The standard InChI is InChI=1S/C31H42N2O2/c1-3-13-25(4-2)18-11-20-28(21-12-19-26-14-7-5-8-15-26)33-31(34)30-22-29(23-32-30)35-24-27-16-9-6-10-17-27/h3-10,13-17,28-30,32H,11-12,18-24H2,1-2H3,(H,33,34)/b13-3-,25-4+/t28?,29-,30?/m1/s1. The molecule has 1 amide bonds. The minimum atomic E-state index is -0.179. The van der Waals surface area contributed by atoms with E-state index in [1.165, 1.54) is 11.1 Å². The number of hydrogen-bond acceptors (Lipinski definition) is 3. The Morgan fingerprint density at radius 1 is 1.03 bits per heavy atom. The Hall–Kier alpha value is -2.69. The van der Waals surface area contributed by atoms with Crippen molar-refractivity contribution in [3.8, 4) is 0 Å². The topological polar surface area (TPSA) is 50.4 Å². The van der Waals surface area contributed by atoms with Crippen LogP contribution >= 0.6 is 0 Å². The van der Waals surface area contributed by atoms with Gasteiger partial charge >= 0.3 is 0 Å². The van der Waals surface area contributed by atoms with Crippen LogP contribution in [0.5, 0.6) is 0 Å². The van der Waals surface area contributed by atoms with E-state index in [9.17, 15) is 4.79 Å². The van der Waals surface area contributed by atoms with Crippen molar-refractivity contribution in [3.63, 3.8) is 0 Å². The normalized spacial score (nSPS) is 19.2. The van der Waals surface area contributed by atoms with Gasteiger partial charge in [-0.3, -0.25) is 4.79 Å². The maximum absolute atomic E-state index is 13.1. The van der Waals surface area contributed by atoms with E-state index < -0.39 is 0 Å². The number of carbonyl (C=O) groups is 1. The summed E-state index contributed by atoms with van der Waals surface area (Å²) in [5.41, 5.74) is 3.88. The molecule has 2 aromatic rings. The summed E-state index contributed by atoms with van der Waals surface area (Å²) in [4.78, 5) is 13.1. The second-order valence-corrected chi connectivity index (χ2v) is 9.45. The molecule has 0 aliphatic carbocycles. The fraction of sp³-hybridized carbons (Fsp3) is 0.452. The van der Waals surface area contributed by atoms with Gasteiger partial charge in [0.25, 0.3) is 0 Å². The van der Waals surface area contributed by atoms with Crippen molar-refractivity contribution >= 4 is 5.91 Å². The second-order valence-electron chi connectivity index (χ2n) is 9.45. The van der Waals surface area contributed by atoms with E-state index in [-0.39, 0.29) is 24.1 Å². The van der Waals surface area contributed by atoms with Crippen molar-refractivity contribution in [2.45, 2.75) is 83.6 Å². The van der Waals surface area contributed by atoms with Crippen LogP contribution in [0.3, 0.4) is 0 Å². The first-order valence-corrected chi connectivity index (χ1v) is 13.2. The zero-order valence-electron chi connectivity index (χ0n) is 21.4. The van der Waals surface area contributed by atoms with E-state index in [1.54, 1.807) is 0 Å². The fourth-order valence-corrected chi connectivity index (χ4v) is 4.70. The predicted molar refractivity (Wildman–Crippen MR) is 145 cm³/mol. The molecule has 2 unspecified atom stereocenters. The number of rotatable bonds is 14. The van der Waals surface area contributed by atoms with E-state index in [4.69, 9.17) is 4.74 Å². The molecule has 4 nitrogen and oxygen atoms in total. The van der Waals surface area contributed by atoms with Crippen LogP contribution in [-0.4, -0.2) is 30.6 Å². The number of ether oxygens (including phenoxy) is 1. The van der Waals surface area contributed by atoms with Crippen LogP contribution in [0.15, 0.2) is 84.5 Å². The molecule has 0 saturated carbocycles. The molecule has 0 bridgehead atoms. The molecule has 1 fully saturated rings. The summed E-state index contributed by atoms with van der Waals surface area (Å²) in [5.74, 6) is 0.111. The summed E-state index contributed by atoms with van der Waals surface area (Å²) in [6, 6.07) is 20.8. The van der Waals surface area contributed by atoms with Crippen LogP contribution in [-0.2, 0) is 22.6 Å².